The van der Waals surface area contributed by atoms with E-state index in [1.165, 1.54) is 12.0 Å². The van der Waals surface area contributed by atoms with Gasteiger partial charge in [-0.05, 0) is 42.0 Å². The van der Waals surface area contributed by atoms with E-state index in [9.17, 15) is 14.4 Å². The lowest BCUT2D eigenvalue weighted by atomic mass is 10.1. The normalized spacial score (nSPS) is 15.4. The molecule has 0 saturated carbocycles. The summed E-state index contributed by atoms with van der Waals surface area (Å²) in [7, 11) is 1.51. The summed E-state index contributed by atoms with van der Waals surface area (Å²) in [6.07, 6.45) is 1.61. The van der Waals surface area contributed by atoms with Crippen LogP contribution >= 0.6 is 11.6 Å². The number of piperazine rings is 1. The molecule has 35 heavy (non-hydrogen) atoms. The van der Waals surface area contributed by atoms with Gasteiger partial charge in [0.05, 0.1) is 35.4 Å². The number of hydrogen-bond donors (Lipinski definition) is 0. The number of imide groups is 1. The van der Waals surface area contributed by atoms with Crippen LogP contribution in [0.15, 0.2) is 60.8 Å². The molecule has 1 saturated heterocycles. The fraction of sp³-hybridized carbons (Fsp3) is 0.231. The Morgan fingerprint density at radius 1 is 0.971 bits per heavy atom. The molecule has 0 radical (unpaired) electrons. The SMILES string of the molecule is COc1ccc(CN2C(=O)c3ccccc3C2=O)cc1C(=O)N1CCN(c2ccc(Cl)cn2)CC1. The number of amides is 3. The number of benzene rings is 2. The van der Waals surface area contributed by atoms with E-state index in [0.29, 0.717) is 59.2 Å². The van der Waals surface area contributed by atoms with E-state index >= 15 is 0 Å². The van der Waals surface area contributed by atoms with Crippen LogP contribution in [0.4, 0.5) is 5.82 Å². The number of rotatable bonds is 5. The molecule has 3 heterocycles. The van der Waals surface area contributed by atoms with E-state index in [1.54, 1.807) is 59.6 Å². The van der Waals surface area contributed by atoms with Crippen LogP contribution < -0.4 is 9.64 Å². The van der Waals surface area contributed by atoms with Gasteiger partial charge in [0.1, 0.15) is 11.6 Å². The van der Waals surface area contributed by atoms with Crippen LogP contribution in [0.2, 0.25) is 5.02 Å². The minimum atomic E-state index is -0.332. The van der Waals surface area contributed by atoms with Gasteiger partial charge in [0, 0.05) is 32.4 Å². The number of anilines is 1. The molecule has 1 fully saturated rings. The summed E-state index contributed by atoms with van der Waals surface area (Å²) in [4.78, 5) is 48.4. The average molecular weight is 491 g/mol. The van der Waals surface area contributed by atoms with E-state index in [4.69, 9.17) is 16.3 Å². The van der Waals surface area contributed by atoms with Crippen LogP contribution in [-0.4, -0.2) is 65.8 Å². The van der Waals surface area contributed by atoms with Gasteiger partial charge in [-0.25, -0.2) is 4.98 Å². The Balaban J connectivity index is 1.31. The lowest BCUT2D eigenvalue weighted by molar-refractivity contribution is 0.0642. The van der Waals surface area contributed by atoms with Gasteiger partial charge in [-0.15, -0.1) is 0 Å². The summed E-state index contributed by atoms with van der Waals surface area (Å²) in [6, 6.07) is 15.6. The molecule has 0 atom stereocenters. The molecule has 178 valence electrons. The lowest BCUT2D eigenvalue weighted by Gasteiger charge is -2.35. The van der Waals surface area contributed by atoms with E-state index in [0.717, 1.165) is 5.82 Å². The van der Waals surface area contributed by atoms with Gasteiger partial charge in [-0.3, -0.25) is 19.3 Å². The van der Waals surface area contributed by atoms with Crippen molar-refractivity contribution < 1.29 is 19.1 Å². The Bertz CT molecular complexity index is 1270. The number of pyridine rings is 1. The van der Waals surface area contributed by atoms with Crippen molar-refractivity contribution in [2.75, 3.05) is 38.2 Å². The predicted molar refractivity (Wildman–Crippen MR) is 131 cm³/mol. The van der Waals surface area contributed by atoms with Crippen LogP contribution in [0, 0.1) is 0 Å². The molecule has 1 aromatic heterocycles. The summed E-state index contributed by atoms with van der Waals surface area (Å²) < 4.78 is 5.45. The second-order valence-corrected chi connectivity index (χ2v) is 8.83. The zero-order chi connectivity index (χ0) is 24.5. The van der Waals surface area contributed by atoms with E-state index in [-0.39, 0.29) is 24.3 Å². The maximum absolute atomic E-state index is 13.4. The van der Waals surface area contributed by atoms with Gasteiger partial charge in [0.2, 0.25) is 0 Å². The zero-order valence-corrected chi connectivity index (χ0v) is 19.9. The Hall–Kier alpha value is -3.91. The highest BCUT2D eigenvalue weighted by atomic mass is 35.5. The quantitative estimate of drug-likeness (QED) is 0.509. The summed E-state index contributed by atoms with van der Waals surface area (Å²) in [6.45, 7) is 2.39. The summed E-state index contributed by atoms with van der Waals surface area (Å²) >= 11 is 5.93. The molecule has 0 aliphatic carbocycles. The fourth-order valence-corrected chi connectivity index (χ4v) is 4.56. The number of hydrogen-bond acceptors (Lipinski definition) is 6. The molecule has 0 spiro atoms. The molecular formula is C26H23ClN4O4. The molecule has 2 aliphatic heterocycles. The average Bonchev–Trinajstić information content (AvgIpc) is 3.14. The van der Waals surface area contributed by atoms with Crippen molar-refractivity contribution >= 4 is 35.1 Å². The molecule has 8 nitrogen and oxygen atoms in total. The molecule has 0 unspecified atom stereocenters. The second kappa shape index (κ2) is 9.38. The van der Waals surface area contributed by atoms with Gasteiger partial charge >= 0.3 is 0 Å². The Morgan fingerprint density at radius 3 is 2.26 bits per heavy atom. The Morgan fingerprint density at radius 2 is 1.66 bits per heavy atom. The van der Waals surface area contributed by atoms with Gasteiger partial charge in [-0.2, -0.15) is 0 Å². The van der Waals surface area contributed by atoms with Crippen molar-refractivity contribution in [3.8, 4) is 5.75 Å². The number of ether oxygens (including phenoxy) is 1. The third-order valence-electron chi connectivity index (χ3n) is 6.32. The minimum absolute atomic E-state index is 0.0760. The summed E-state index contributed by atoms with van der Waals surface area (Å²) in [5, 5.41) is 0.579. The van der Waals surface area contributed by atoms with Crippen molar-refractivity contribution in [3.05, 3.63) is 88.1 Å². The highest BCUT2D eigenvalue weighted by Gasteiger charge is 2.35. The number of nitrogens with zero attached hydrogens (tertiary/aromatic N) is 4. The van der Waals surface area contributed by atoms with Crippen LogP contribution in [0.3, 0.4) is 0 Å². The fourth-order valence-electron chi connectivity index (χ4n) is 4.45. The topological polar surface area (TPSA) is 83.0 Å². The first-order valence-corrected chi connectivity index (χ1v) is 11.6. The molecule has 2 aliphatic rings. The number of carbonyl (C=O) groups excluding carboxylic acids is 3. The molecule has 0 bridgehead atoms. The number of halogens is 1. The first-order valence-electron chi connectivity index (χ1n) is 11.2. The van der Waals surface area contributed by atoms with Crippen molar-refractivity contribution in [3.63, 3.8) is 0 Å². The Kier molecular flexibility index (Phi) is 6.13. The van der Waals surface area contributed by atoms with Crippen molar-refractivity contribution in [2.24, 2.45) is 0 Å². The molecule has 0 N–H and O–H groups in total. The maximum atomic E-state index is 13.4. The second-order valence-electron chi connectivity index (χ2n) is 8.39. The first kappa shape index (κ1) is 22.9. The minimum Gasteiger partial charge on any atom is -0.496 e. The molecule has 5 rings (SSSR count). The van der Waals surface area contributed by atoms with E-state index < -0.39 is 0 Å². The van der Waals surface area contributed by atoms with Gasteiger partial charge in [0.25, 0.3) is 17.7 Å². The Labute approximate surface area is 207 Å². The van der Waals surface area contributed by atoms with E-state index in [1.807, 2.05) is 6.07 Å². The predicted octanol–water partition coefficient (Wildman–Crippen LogP) is 3.50. The third-order valence-corrected chi connectivity index (χ3v) is 6.54. The summed E-state index contributed by atoms with van der Waals surface area (Å²) in [5.74, 6) is 0.446. The van der Waals surface area contributed by atoms with Gasteiger partial charge in [-0.1, -0.05) is 29.8 Å². The lowest BCUT2D eigenvalue weighted by Crippen LogP contribution is -2.49. The molecule has 3 amide bonds. The van der Waals surface area contributed by atoms with Gasteiger partial charge in [0.15, 0.2) is 0 Å². The van der Waals surface area contributed by atoms with Crippen molar-refractivity contribution in [1.82, 2.24) is 14.8 Å². The van der Waals surface area contributed by atoms with Crippen LogP contribution in [-0.2, 0) is 6.54 Å². The van der Waals surface area contributed by atoms with Crippen LogP contribution in [0.1, 0.15) is 36.6 Å². The summed E-state index contributed by atoms with van der Waals surface area (Å²) in [5.41, 5.74) is 1.87. The van der Waals surface area contributed by atoms with Crippen LogP contribution in [0.5, 0.6) is 5.75 Å². The third kappa shape index (κ3) is 4.33. The number of methoxy groups -OCH3 is 1. The number of carbonyl (C=O) groups is 3. The van der Waals surface area contributed by atoms with Gasteiger partial charge < -0.3 is 14.5 Å². The zero-order valence-electron chi connectivity index (χ0n) is 19.1. The van der Waals surface area contributed by atoms with Crippen molar-refractivity contribution in [1.29, 1.82) is 0 Å². The standard InChI is InChI=1S/C26H23ClN4O4/c1-35-22-8-6-17(16-31-25(33)19-4-2-3-5-20(19)26(31)34)14-21(22)24(32)30-12-10-29(11-13-30)23-9-7-18(27)15-28-23/h2-9,14-15H,10-13,16H2,1H3. The van der Waals surface area contributed by atoms with Crippen LogP contribution in [0.25, 0.3) is 0 Å². The monoisotopic (exact) mass is 490 g/mol. The molecular weight excluding hydrogens is 468 g/mol. The highest BCUT2D eigenvalue weighted by molar-refractivity contribution is 6.30. The number of aromatic nitrogens is 1. The molecule has 2 aromatic carbocycles. The smallest absolute Gasteiger partial charge is 0.261 e. The largest absolute Gasteiger partial charge is 0.496 e. The maximum Gasteiger partial charge on any atom is 0.261 e. The number of fused-ring (bicyclic) bond motifs is 1. The first-order chi connectivity index (χ1) is 17.0. The van der Waals surface area contributed by atoms with Crippen molar-refractivity contribution in [2.45, 2.75) is 6.54 Å². The van der Waals surface area contributed by atoms with E-state index in [2.05, 4.69) is 9.88 Å². The molecule has 3 aromatic rings. The highest BCUT2D eigenvalue weighted by Crippen LogP contribution is 2.27. The molecule has 9 heteroatoms.